The quantitative estimate of drug-likeness (QED) is 0.500. The van der Waals surface area contributed by atoms with E-state index in [-0.39, 0.29) is 0 Å². The first-order chi connectivity index (χ1) is 11.7. The van der Waals surface area contributed by atoms with Crippen LogP contribution in [0.2, 0.25) is 0 Å². The van der Waals surface area contributed by atoms with Gasteiger partial charge >= 0.3 is 0 Å². The Hall–Kier alpha value is -1.50. The highest BCUT2D eigenvalue weighted by atomic mass is 16.5. The number of rotatable bonds is 9. The molecule has 0 aliphatic carbocycles. The molecule has 0 heterocycles. The molecule has 2 aromatic carbocycles. The van der Waals surface area contributed by atoms with E-state index >= 15 is 0 Å². The van der Waals surface area contributed by atoms with Crippen LogP contribution in [0, 0.1) is 0 Å². The monoisotopic (exact) mass is 326 g/mol. The van der Waals surface area contributed by atoms with Crippen molar-refractivity contribution in [2.75, 3.05) is 7.11 Å². The molecule has 0 unspecified atom stereocenters. The van der Waals surface area contributed by atoms with Crippen molar-refractivity contribution >= 4 is 10.8 Å². The predicted molar refractivity (Wildman–Crippen MR) is 106 cm³/mol. The van der Waals surface area contributed by atoms with Gasteiger partial charge in [0.15, 0.2) is 0 Å². The minimum Gasteiger partial charge on any atom is -0.496 e. The molecule has 0 aromatic heterocycles. The van der Waals surface area contributed by atoms with Gasteiger partial charge in [-0.15, -0.1) is 0 Å². The van der Waals surface area contributed by atoms with Gasteiger partial charge in [-0.05, 0) is 59.4 Å². The lowest BCUT2D eigenvalue weighted by atomic mass is 9.82. The summed E-state index contributed by atoms with van der Waals surface area (Å²) in [6, 6.07) is 6.61. The van der Waals surface area contributed by atoms with Crippen molar-refractivity contribution in [3.05, 3.63) is 40.5 Å². The van der Waals surface area contributed by atoms with E-state index in [1.807, 2.05) is 7.11 Å². The molecular formula is C23H34O. The minimum absolute atomic E-state index is 1.05. The smallest absolute Gasteiger partial charge is 0.126 e. The Morgan fingerprint density at radius 2 is 1.17 bits per heavy atom. The predicted octanol–water partition coefficient (Wildman–Crippen LogP) is 6.66. The van der Waals surface area contributed by atoms with E-state index in [9.17, 15) is 0 Å². The zero-order chi connectivity index (χ0) is 17.5. The molecule has 0 aliphatic rings. The van der Waals surface area contributed by atoms with Crippen molar-refractivity contribution in [3.8, 4) is 5.75 Å². The van der Waals surface area contributed by atoms with Gasteiger partial charge in [0.2, 0.25) is 0 Å². The first kappa shape index (κ1) is 18.8. The Labute approximate surface area is 148 Å². The third-order valence-corrected chi connectivity index (χ3v) is 4.97. The highest BCUT2D eigenvalue weighted by Gasteiger charge is 2.19. The van der Waals surface area contributed by atoms with Crippen molar-refractivity contribution < 1.29 is 4.74 Å². The standard InChI is InChI=1S/C23H34O/c1-6-11-17-18(12-7-2)20(14-9-4)23-21(19(17)13-8-3)15-10-16-22(23)24-5/h10,15-16H,6-9,11-14H2,1-5H3. The van der Waals surface area contributed by atoms with Crippen LogP contribution in [0.4, 0.5) is 0 Å². The Kier molecular flexibility index (Phi) is 7.15. The van der Waals surface area contributed by atoms with E-state index in [1.165, 1.54) is 55.7 Å². The van der Waals surface area contributed by atoms with Crippen LogP contribution in [0.1, 0.15) is 75.6 Å². The maximum absolute atomic E-state index is 5.78. The fourth-order valence-electron chi connectivity index (χ4n) is 4.11. The number of fused-ring (bicyclic) bond motifs is 1. The second kappa shape index (κ2) is 9.11. The van der Waals surface area contributed by atoms with Gasteiger partial charge in [0.1, 0.15) is 5.75 Å². The van der Waals surface area contributed by atoms with Crippen molar-refractivity contribution in [1.29, 1.82) is 0 Å². The number of aryl methyl sites for hydroxylation is 2. The summed E-state index contributed by atoms with van der Waals surface area (Å²) in [5, 5.41) is 2.82. The molecule has 0 fully saturated rings. The summed E-state index contributed by atoms with van der Waals surface area (Å²) < 4.78 is 5.78. The molecule has 2 aromatic rings. The first-order valence-electron chi connectivity index (χ1n) is 9.85. The third-order valence-electron chi connectivity index (χ3n) is 4.97. The van der Waals surface area contributed by atoms with Crippen LogP contribution in [0.25, 0.3) is 10.8 Å². The van der Waals surface area contributed by atoms with Gasteiger partial charge in [-0.25, -0.2) is 0 Å². The van der Waals surface area contributed by atoms with Gasteiger partial charge in [0.05, 0.1) is 7.11 Å². The van der Waals surface area contributed by atoms with Gasteiger partial charge in [0.25, 0.3) is 0 Å². The van der Waals surface area contributed by atoms with Crippen LogP contribution in [0.15, 0.2) is 18.2 Å². The van der Waals surface area contributed by atoms with Gasteiger partial charge in [0, 0.05) is 5.39 Å². The van der Waals surface area contributed by atoms with Gasteiger partial charge in [-0.2, -0.15) is 0 Å². The van der Waals surface area contributed by atoms with Gasteiger partial charge in [-0.1, -0.05) is 65.5 Å². The SMILES string of the molecule is CCCc1c(CCC)c(CCC)c2c(OC)cccc2c1CCC. The molecule has 0 aliphatic heterocycles. The van der Waals surface area contributed by atoms with Crippen molar-refractivity contribution in [2.24, 2.45) is 0 Å². The van der Waals surface area contributed by atoms with E-state index in [2.05, 4.69) is 45.9 Å². The highest BCUT2D eigenvalue weighted by molar-refractivity contribution is 5.96. The number of benzene rings is 2. The largest absolute Gasteiger partial charge is 0.496 e. The first-order valence-corrected chi connectivity index (χ1v) is 9.85. The molecule has 0 bridgehead atoms. The van der Waals surface area contributed by atoms with Crippen molar-refractivity contribution in [3.63, 3.8) is 0 Å². The lowest BCUT2D eigenvalue weighted by molar-refractivity contribution is 0.419. The highest BCUT2D eigenvalue weighted by Crippen LogP contribution is 2.38. The summed E-state index contributed by atoms with van der Waals surface area (Å²) in [5.74, 6) is 1.05. The van der Waals surface area contributed by atoms with Gasteiger partial charge in [-0.3, -0.25) is 0 Å². The summed E-state index contributed by atoms with van der Waals surface area (Å²) in [4.78, 5) is 0. The maximum Gasteiger partial charge on any atom is 0.126 e. The molecule has 0 saturated carbocycles. The summed E-state index contributed by atoms with van der Waals surface area (Å²) in [7, 11) is 1.81. The van der Waals surface area contributed by atoms with Crippen LogP contribution in [-0.4, -0.2) is 7.11 Å². The Bertz CT molecular complexity index is 670. The molecule has 0 N–H and O–H groups in total. The summed E-state index contributed by atoms with van der Waals surface area (Å²) >= 11 is 0. The van der Waals surface area contributed by atoms with E-state index in [4.69, 9.17) is 4.74 Å². The number of methoxy groups -OCH3 is 1. The average Bonchev–Trinajstić information content (AvgIpc) is 2.60. The normalized spacial score (nSPS) is 11.2. The lowest BCUT2D eigenvalue weighted by Crippen LogP contribution is -2.08. The summed E-state index contributed by atoms with van der Waals surface area (Å²) in [6.45, 7) is 9.19. The molecule has 2 rings (SSSR count). The number of ether oxygens (including phenoxy) is 1. The van der Waals surface area contributed by atoms with Crippen molar-refractivity contribution in [2.45, 2.75) is 79.1 Å². The van der Waals surface area contributed by atoms with Gasteiger partial charge < -0.3 is 4.74 Å². The van der Waals surface area contributed by atoms with E-state index < -0.39 is 0 Å². The zero-order valence-corrected chi connectivity index (χ0v) is 16.3. The zero-order valence-electron chi connectivity index (χ0n) is 16.3. The fourth-order valence-corrected chi connectivity index (χ4v) is 4.11. The topological polar surface area (TPSA) is 9.23 Å². The molecule has 132 valence electrons. The Morgan fingerprint density at radius 3 is 1.71 bits per heavy atom. The molecule has 0 saturated heterocycles. The second-order valence-corrected chi connectivity index (χ2v) is 6.80. The van der Waals surface area contributed by atoms with E-state index in [0.717, 1.165) is 12.2 Å². The summed E-state index contributed by atoms with van der Waals surface area (Å²) in [6.07, 6.45) is 9.51. The molecule has 1 nitrogen and oxygen atoms in total. The maximum atomic E-state index is 5.78. The molecular weight excluding hydrogens is 292 g/mol. The average molecular weight is 327 g/mol. The molecule has 24 heavy (non-hydrogen) atoms. The van der Waals surface area contributed by atoms with Crippen LogP contribution < -0.4 is 4.74 Å². The van der Waals surface area contributed by atoms with Crippen LogP contribution in [0.5, 0.6) is 5.75 Å². The lowest BCUT2D eigenvalue weighted by Gasteiger charge is -2.23. The second-order valence-electron chi connectivity index (χ2n) is 6.80. The molecule has 0 amide bonds. The number of hydrogen-bond donors (Lipinski definition) is 0. The van der Waals surface area contributed by atoms with E-state index in [1.54, 1.807) is 22.3 Å². The van der Waals surface area contributed by atoms with Crippen LogP contribution >= 0.6 is 0 Å². The van der Waals surface area contributed by atoms with Crippen LogP contribution in [0.3, 0.4) is 0 Å². The Morgan fingerprint density at radius 1 is 0.667 bits per heavy atom. The molecule has 0 radical (unpaired) electrons. The fraction of sp³-hybridized carbons (Fsp3) is 0.565. The Balaban J connectivity index is 2.93. The summed E-state index contributed by atoms with van der Waals surface area (Å²) in [5.41, 5.74) is 6.40. The minimum atomic E-state index is 1.05. The molecule has 0 spiro atoms. The molecule has 0 atom stereocenters. The van der Waals surface area contributed by atoms with Crippen LogP contribution in [-0.2, 0) is 25.7 Å². The number of hydrogen-bond acceptors (Lipinski definition) is 1. The van der Waals surface area contributed by atoms with E-state index in [0.29, 0.717) is 0 Å². The molecule has 1 heteroatoms. The van der Waals surface area contributed by atoms with Crippen molar-refractivity contribution in [1.82, 2.24) is 0 Å². The third kappa shape index (κ3) is 3.61.